The number of carbonyl (C=O) groups excluding carboxylic acids is 3. The van der Waals surface area contributed by atoms with E-state index < -0.39 is 11.9 Å². The Morgan fingerprint density at radius 1 is 1.07 bits per heavy atom. The van der Waals surface area contributed by atoms with Crippen molar-refractivity contribution in [3.8, 4) is 11.5 Å². The molecule has 1 aliphatic heterocycles. The van der Waals surface area contributed by atoms with Crippen LogP contribution in [-0.4, -0.2) is 40.7 Å². The van der Waals surface area contributed by atoms with E-state index in [9.17, 15) is 14.4 Å². The van der Waals surface area contributed by atoms with Gasteiger partial charge in [-0.05, 0) is 61.6 Å². The predicted octanol–water partition coefficient (Wildman–Crippen LogP) is 2.46. The van der Waals surface area contributed by atoms with Gasteiger partial charge in [0.2, 0.25) is 11.8 Å². The molecule has 0 bridgehead atoms. The van der Waals surface area contributed by atoms with E-state index in [-0.39, 0.29) is 29.3 Å². The van der Waals surface area contributed by atoms with Crippen molar-refractivity contribution in [2.75, 3.05) is 6.54 Å². The molecule has 3 N–H and O–H groups in total. The topological polar surface area (TPSA) is 102 Å². The highest BCUT2D eigenvalue weighted by molar-refractivity contribution is 5.97. The van der Waals surface area contributed by atoms with Gasteiger partial charge in [0.1, 0.15) is 17.5 Å². The van der Waals surface area contributed by atoms with Gasteiger partial charge in [-0.15, -0.1) is 0 Å². The summed E-state index contributed by atoms with van der Waals surface area (Å²) in [5, 5.41) is 2.65. The van der Waals surface area contributed by atoms with E-state index in [2.05, 4.69) is 12.2 Å². The number of fused-ring (bicyclic) bond motifs is 1. The number of nitrogens with zero attached hydrogens (tertiary/aromatic N) is 1. The van der Waals surface area contributed by atoms with E-state index in [0.717, 1.165) is 6.42 Å². The van der Waals surface area contributed by atoms with Crippen LogP contribution in [0.5, 0.6) is 11.5 Å². The quantitative estimate of drug-likeness (QED) is 0.768. The molecule has 2 fully saturated rings. The molecule has 3 amide bonds. The molecule has 4 rings (SSSR count). The summed E-state index contributed by atoms with van der Waals surface area (Å²) >= 11 is 0. The van der Waals surface area contributed by atoms with Gasteiger partial charge in [0.25, 0.3) is 5.91 Å². The Morgan fingerprint density at radius 3 is 2.33 bits per heavy atom. The maximum absolute atomic E-state index is 12.8. The highest BCUT2D eigenvalue weighted by Gasteiger charge is 2.72. The van der Waals surface area contributed by atoms with Gasteiger partial charge in [0.05, 0.1) is 6.54 Å². The summed E-state index contributed by atoms with van der Waals surface area (Å²) in [6, 6.07) is 15.4. The first kappa shape index (κ1) is 19.9. The second kappa shape index (κ2) is 7.16. The van der Waals surface area contributed by atoms with Crippen molar-refractivity contribution in [3.63, 3.8) is 0 Å². The van der Waals surface area contributed by atoms with Crippen molar-refractivity contribution in [3.05, 3.63) is 60.2 Å². The van der Waals surface area contributed by atoms with E-state index in [1.54, 1.807) is 29.2 Å². The van der Waals surface area contributed by atoms with Crippen molar-refractivity contribution >= 4 is 17.7 Å². The van der Waals surface area contributed by atoms with Crippen molar-refractivity contribution in [1.29, 1.82) is 0 Å². The summed E-state index contributed by atoms with van der Waals surface area (Å²) in [4.78, 5) is 38.7. The van der Waals surface area contributed by atoms with Gasteiger partial charge >= 0.3 is 0 Å². The second-order valence-electron chi connectivity index (χ2n) is 8.52. The fourth-order valence-electron chi connectivity index (χ4n) is 4.56. The zero-order valence-corrected chi connectivity index (χ0v) is 17.1. The van der Waals surface area contributed by atoms with E-state index >= 15 is 0 Å². The van der Waals surface area contributed by atoms with Gasteiger partial charge in [-0.2, -0.15) is 0 Å². The average Bonchev–Trinajstić information content (AvgIpc) is 3.18. The SMILES string of the molecule is C[C@@]12C[C@@H](C(N)=O)N(C(=O)CNC(=O)c3ccc(Oc4ccccc4)cc3)[C@@]1(C)C2. The summed E-state index contributed by atoms with van der Waals surface area (Å²) in [6.07, 6.45) is 1.41. The van der Waals surface area contributed by atoms with Crippen LogP contribution in [0.2, 0.25) is 0 Å². The second-order valence-corrected chi connectivity index (χ2v) is 8.52. The van der Waals surface area contributed by atoms with E-state index in [0.29, 0.717) is 23.5 Å². The molecule has 1 heterocycles. The molecular weight excluding hydrogens is 382 g/mol. The lowest BCUT2D eigenvalue weighted by Gasteiger charge is -2.30. The van der Waals surface area contributed by atoms with Crippen LogP contribution in [-0.2, 0) is 9.59 Å². The average molecular weight is 407 g/mol. The predicted molar refractivity (Wildman–Crippen MR) is 111 cm³/mol. The number of primary amides is 1. The van der Waals surface area contributed by atoms with Crippen LogP contribution >= 0.6 is 0 Å². The molecule has 2 aromatic carbocycles. The normalized spacial score (nSPS) is 26.6. The molecule has 156 valence electrons. The van der Waals surface area contributed by atoms with E-state index in [4.69, 9.17) is 10.5 Å². The van der Waals surface area contributed by atoms with Crippen LogP contribution in [0.25, 0.3) is 0 Å². The van der Waals surface area contributed by atoms with Gasteiger partial charge < -0.3 is 20.7 Å². The van der Waals surface area contributed by atoms with Crippen LogP contribution in [0.4, 0.5) is 0 Å². The largest absolute Gasteiger partial charge is 0.457 e. The molecule has 0 aromatic heterocycles. The molecular formula is C23H25N3O4. The molecule has 7 heteroatoms. The van der Waals surface area contributed by atoms with E-state index in [1.807, 2.05) is 37.3 Å². The van der Waals surface area contributed by atoms with Crippen molar-refractivity contribution < 1.29 is 19.1 Å². The zero-order chi connectivity index (χ0) is 21.5. The van der Waals surface area contributed by atoms with Crippen LogP contribution in [0.3, 0.4) is 0 Å². The number of piperidine rings is 1. The van der Waals surface area contributed by atoms with Crippen LogP contribution in [0.15, 0.2) is 54.6 Å². The molecule has 0 spiro atoms. The van der Waals surface area contributed by atoms with Crippen LogP contribution < -0.4 is 15.8 Å². The summed E-state index contributed by atoms with van der Waals surface area (Å²) < 4.78 is 5.71. The lowest BCUT2D eigenvalue weighted by atomic mass is 10.0. The number of amides is 3. The monoisotopic (exact) mass is 407 g/mol. The standard InChI is InChI=1S/C23H25N3O4/c1-22-12-18(20(24)28)26(23(22,2)14-22)19(27)13-25-21(29)15-8-10-17(11-9-15)30-16-6-4-3-5-7-16/h3-11,18H,12-14H2,1-2H3,(H2,24,28)(H,25,29)/t18-,22-,23-/m0/s1. The van der Waals surface area contributed by atoms with Gasteiger partial charge in [-0.1, -0.05) is 25.1 Å². The molecule has 1 aliphatic carbocycles. The fourth-order valence-corrected chi connectivity index (χ4v) is 4.56. The minimum atomic E-state index is -0.618. The molecule has 0 radical (unpaired) electrons. The maximum Gasteiger partial charge on any atom is 0.251 e. The highest BCUT2D eigenvalue weighted by Crippen LogP contribution is 2.67. The van der Waals surface area contributed by atoms with Crippen LogP contribution in [0, 0.1) is 5.41 Å². The molecule has 2 aliphatic rings. The Kier molecular flexibility index (Phi) is 4.76. The lowest BCUT2D eigenvalue weighted by Crippen LogP contribution is -2.52. The molecule has 7 nitrogen and oxygen atoms in total. The van der Waals surface area contributed by atoms with Crippen LogP contribution in [0.1, 0.15) is 37.0 Å². The summed E-state index contributed by atoms with van der Waals surface area (Å²) in [6.45, 7) is 3.85. The Labute approximate surface area is 175 Å². The van der Waals surface area contributed by atoms with Crippen molar-refractivity contribution in [2.45, 2.75) is 38.3 Å². The lowest BCUT2D eigenvalue weighted by molar-refractivity contribution is -0.139. The summed E-state index contributed by atoms with van der Waals surface area (Å²) in [5.41, 5.74) is 5.47. The smallest absolute Gasteiger partial charge is 0.251 e. The van der Waals surface area contributed by atoms with Gasteiger partial charge in [0.15, 0.2) is 0 Å². The number of para-hydroxylation sites is 1. The minimum absolute atomic E-state index is 0.0824. The number of rotatable bonds is 6. The van der Waals surface area contributed by atoms with Gasteiger partial charge in [0, 0.05) is 11.1 Å². The number of nitrogens with one attached hydrogen (secondary N) is 1. The number of carbonyl (C=O) groups is 3. The molecule has 30 heavy (non-hydrogen) atoms. The molecule has 1 saturated carbocycles. The van der Waals surface area contributed by atoms with Gasteiger partial charge in [-0.25, -0.2) is 0 Å². The maximum atomic E-state index is 12.8. The summed E-state index contributed by atoms with van der Waals surface area (Å²) in [7, 11) is 0. The third kappa shape index (κ3) is 3.40. The molecule has 0 unspecified atom stereocenters. The fraction of sp³-hybridized carbons (Fsp3) is 0.348. The number of hydrogen-bond donors (Lipinski definition) is 2. The minimum Gasteiger partial charge on any atom is -0.457 e. The Hall–Kier alpha value is -3.35. The molecule has 3 atom stereocenters. The van der Waals surface area contributed by atoms with Crippen molar-refractivity contribution in [1.82, 2.24) is 10.2 Å². The number of hydrogen-bond acceptors (Lipinski definition) is 4. The Balaban J connectivity index is 1.36. The first-order chi connectivity index (χ1) is 14.2. The highest BCUT2D eigenvalue weighted by atomic mass is 16.5. The number of nitrogens with two attached hydrogens (primary N) is 1. The summed E-state index contributed by atoms with van der Waals surface area (Å²) in [5.74, 6) is 0.151. The molecule has 2 aromatic rings. The first-order valence-electron chi connectivity index (χ1n) is 9.96. The van der Waals surface area contributed by atoms with Gasteiger partial charge in [-0.3, -0.25) is 14.4 Å². The van der Waals surface area contributed by atoms with Crippen molar-refractivity contribution in [2.24, 2.45) is 11.1 Å². The number of benzene rings is 2. The third-order valence-electron chi connectivity index (χ3n) is 6.49. The van der Waals surface area contributed by atoms with E-state index in [1.165, 1.54) is 0 Å². The first-order valence-corrected chi connectivity index (χ1v) is 9.96. The third-order valence-corrected chi connectivity index (χ3v) is 6.49. The Bertz CT molecular complexity index is 991. The number of likely N-dealkylation sites (tertiary alicyclic amines) is 1. The Morgan fingerprint density at radius 2 is 1.70 bits per heavy atom. The molecule has 1 saturated heterocycles. The zero-order valence-electron chi connectivity index (χ0n) is 17.1. The number of ether oxygens (including phenoxy) is 1.